The van der Waals surface area contributed by atoms with Crippen molar-refractivity contribution in [3.8, 4) is 17.2 Å². The molecule has 2 rings (SSSR count). The summed E-state index contributed by atoms with van der Waals surface area (Å²) in [5.41, 5.74) is 3.55. The van der Waals surface area contributed by atoms with Gasteiger partial charge in [0.1, 0.15) is 17.2 Å². The molecule has 154 valence electrons. The summed E-state index contributed by atoms with van der Waals surface area (Å²) in [5, 5.41) is 3.59. The number of unbranched alkanes of at least 4 members (excludes halogenated alkanes) is 2. The molecule has 0 amide bonds. The standard InChI is InChI=1S/C24H35NO3/c1-6-7-8-11-19-15-24(28-5)21(16-23(19)27-4)14-18(2)25-17-20-12-9-10-13-22(20)26-3/h9-10,12-13,15-16,18,25H,6-8,11,14,17H2,1-5H3. The molecule has 0 fully saturated rings. The first-order valence-electron chi connectivity index (χ1n) is 10.2. The first-order valence-corrected chi connectivity index (χ1v) is 10.2. The molecule has 0 aliphatic heterocycles. The molecule has 0 aliphatic carbocycles. The Morgan fingerprint density at radius 1 is 0.821 bits per heavy atom. The topological polar surface area (TPSA) is 39.7 Å². The summed E-state index contributed by atoms with van der Waals surface area (Å²) in [6.07, 6.45) is 5.51. The molecule has 28 heavy (non-hydrogen) atoms. The lowest BCUT2D eigenvalue weighted by Gasteiger charge is -2.19. The molecular formula is C24H35NO3. The Balaban J connectivity index is 2.06. The Morgan fingerprint density at radius 3 is 2.14 bits per heavy atom. The molecule has 1 atom stereocenters. The number of hydrogen-bond donors (Lipinski definition) is 1. The van der Waals surface area contributed by atoms with Crippen molar-refractivity contribution in [2.75, 3.05) is 21.3 Å². The smallest absolute Gasteiger partial charge is 0.123 e. The number of rotatable bonds is 12. The Labute approximate surface area is 170 Å². The van der Waals surface area contributed by atoms with E-state index >= 15 is 0 Å². The lowest BCUT2D eigenvalue weighted by atomic mass is 9.99. The summed E-state index contributed by atoms with van der Waals surface area (Å²) >= 11 is 0. The van der Waals surface area contributed by atoms with Gasteiger partial charge >= 0.3 is 0 Å². The summed E-state index contributed by atoms with van der Waals surface area (Å²) in [6, 6.07) is 12.7. The van der Waals surface area contributed by atoms with Gasteiger partial charge in [-0.15, -0.1) is 0 Å². The predicted molar refractivity (Wildman–Crippen MR) is 116 cm³/mol. The average molecular weight is 386 g/mol. The van der Waals surface area contributed by atoms with E-state index in [0.29, 0.717) is 0 Å². The van der Waals surface area contributed by atoms with Crippen LogP contribution in [-0.2, 0) is 19.4 Å². The highest BCUT2D eigenvalue weighted by atomic mass is 16.5. The lowest BCUT2D eigenvalue weighted by Crippen LogP contribution is -2.28. The second-order valence-corrected chi connectivity index (χ2v) is 7.23. The molecule has 0 saturated carbocycles. The second kappa shape index (κ2) is 11.6. The van der Waals surface area contributed by atoms with Crippen molar-refractivity contribution in [1.82, 2.24) is 5.32 Å². The number of para-hydroxylation sites is 1. The molecule has 1 N–H and O–H groups in total. The van der Waals surface area contributed by atoms with Crippen molar-refractivity contribution in [2.45, 2.75) is 58.5 Å². The van der Waals surface area contributed by atoms with Crippen LogP contribution < -0.4 is 19.5 Å². The highest BCUT2D eigenvalue weighted by Crippen LogP contribution is 2.31. The van der Waals surface area contributed by atoms with Crippen LogP contribution >= 0.6 is 0 Å². The van der Waals surface area contributed by atoms with E-state index in [1.165, 1.54) is 30.4 Å². The van der Waals surface area contributed by atoms with Gasteiger partial charge in [0.2, 0.25) is 0 Å². The summed E-state index contributed by atoms with van der Waals surface area (Å²) in [4.78, 5) is 0. The van der Waals surface area contributed by atoms with Crippen molar-refractivity contribution < 1.29 is 14.2 Å². The van der Waals surface area contributed by atoms with Crippen LogP contribution in [0.2, 0.25) is 0 Å². The van der Waals surface area contributed by atoms with Crippen LogP contribution in [0.15, 0.2) is 36.4 Å². The minimum atomic E-state index is 0.287. The third kappa shape index (κ3) is 6.16. The Kier molecular flexibility index (Phi) is 9.15. The van der Waals surface area contributed by atoms with Crippen molar-refractivity contribution in [3.63, 3.8) is 0 Å². The fourth-order valence-corrected chi connectivity index (χ4v) is 3.48. The van der Waals surface area contributed by atoms with E-state index in [4.69, 9.17) is 14.2 Å². The molecule has 0 radical (unpaired) electrons. The molecule has 0 heterocycles. The van der Waals surface area contributed by atoms with Crippen molar-refractivity contribution >= 4 is 0 Å². The van der Waals surface area contributed by atoms with Crippen LogP contribution in [0.5, 0.6) is 17.2 Å². The fourth-order valence-electron chi connectivity index (χ4n) is 3.48. The summed E-state index contributed by atoms with van der Waals surface area (Å²) in [5.74, 6) is 2.82. The Bertz CT molecular complexity index is 730. The van der Waals surface area contributed by atoms with E-state index in [1.807, 2.05) is 18.2 Å². The Morgan fingerprint density at radius 2 is 1.46 bits per heavy atom. The summed E-state index contributed by atoms with van der Waals surface area (Å²) < 4.78 is 16.8. The van der Waals surface area contributed by atoms with Crippen LogP contribution in [0.1, 0.15) is 49.8 Å². The molecule has 0 spiro atoms. The van der Waals surface area contributed by atoms with E-state index in [2.05, 4.69) is 37.4 Å². The zero-order valence-corrected chi connectivity index (χ0v) is 18.0. The van der Waals surface area contributed by atoms with Crippen LogP contribution in [-0.4, -0.2) is 27.4 Å². The van der Waals surface area contributed by atoms with Crippen molar-refractivity contribution in [3.05, 3.63) is 53.1 Å². The van der Waals surface area contributed by atoms with Gasteiger partial charge in [-0.3, -0.25) is 0 Å². The molecule has 0 aromatic heterocycles. The number of aryl methyl sites for hydroxylation is 1. The first kappa shape index (κ1) is 22.1. The van der Waals surface area contributed by atoms with Gasteiger partial charge in [-0.2, -0.15) is 0 Å². The molecule has 4 heteroatoms. The molecule has 2 aromatic carbocycles. The van der Waals surface area contributed by atoms with Crippen LogP contribution in [0.4, 0.5) is 0 Å². The number of hydrogen-bond acceptors (Lipinski definition) is 4. The second-order valence-electron chi connectivity index (χ2n) is 7.23. The third-order valence-corrected chi connectivity index (χ3v) is 5.09. The quantitative estimate of drug-likeness (QED) is 0.512. The lowest BCUT2D eigenvalue weighted by molar-refractivity contribution is 0.390. The molecule has 0 bridgehead atoms. The van der Waals surface area contributed by atoms with Gasteiger partial charge in [0.25, 0.3) is 0 Å². The SMILES string of the molecule is CCCCCc1cc(OC)c(CC(C)NCc2ccccc2OC)cc1OC. The van der Waals surface area contributed by atoms with E-state index in [1.54, 1.807) is 21.3 Å². The normalized spacial score (nSPS) is 11.9. The van der Waals surface area contributed by atoms with E-state index in [9.17, 15) is 0 Å². The van der Waals surface area contributed by atoms with Gasteiger partial charge in [0.05, 0.1) is 21.3 Å². The number of nitrogens with one attached hydrogen (secondary N) is 1. The highest BCUT2D eigenvalue weighted by molar-refractivity contribution is 5.47. The maximum atomic E-state index is 5.69. The molecule has 0 saturated heterocycles. The van der Waals surface area contributed by atoms with E-state index in [0.717, 1.165) is 42.2 Å². The van der Waals surface area contributed by atoms with Gasteiger partial charge in [-0.1, -0.05) is 38.0 Å². The molecular weight excluding hydrogens is 350 g/mol. The molecule has 2 aromatic rings. The van der Waals surface area contributed by atoms with E-state index in [-0.39, 0.29) is 6.04 Å². The monoisotopic (exact) mass is 385 g/mol. The predicted octanol–water partition coefficient (Wildman–Crippen LogP) is 5.17. The third-order valence-electron chi connectivity index (χ3n) is 5.09. The first-order chi connectivity index (χ1) is 13.6. The maximum absolute atomic E-state index is 5.69. The zero-order valence-electron chi connectivity index (χ0n) is 18.0. The molecule has 0 aliphatic rings. The number of ether oxygens (including phenoxy) is 3. The van der Waals surface area contributed by atoms with Gasteiger partial charge in [-0.05, 0) is 55.5 Å². The van der Waals surface area contributed by atoms with Gasteiger partial charge in [0.15, 0.2) is 0 Å². The van der Waals surface area contributed by atoms with Crippen molar-refractivity contribution in [2.24, 2.45) is 0 Å². The van der Waals surface area contributed by atoms with Gasteiger partial charge in [0, 0.05) is 18.2 Å². The van der Waals surface area contributed by atoms with Gasteiger partial charge < -0.3 is 19.5 Å². The maximum Gasteiger partial charge on any atom is 0.123 e. The van der Waals surface area contributed by atoms with Crippen LogP contribution in [0.25, 0.3) is 0 Å². The molecule has 4 nitrogen and oxygen atoms in total. The summed E-state index contributed by atoms with van der Waals surface area (Å²) in [6.45, 7) is 5.18. The van der Waals surface area contributed by atoms with Crippen LogP contribution in [0, 0.1) is 0 Å². The number of methoxy groups -OCH3 is 3. The van der Waals surface area contributed by atoms with E-state index < -0.39 is 0 Å². The molecule has 1 unspecified atom stereocenters. The minimum Gasteiger partial charge on any atom is -0.496 e. The summed E-state index contributed by atoms with van der Waals surface area (Å²) in [7, 11) is 5.20. The van der Waals surface area contributed by atoms with Crippen LogP contribution in [0.3, 0.4) is 0 Å². The largest absolute Gasteiger partial charge is 0.496 e. The average Bonchev–Trinajstić information content (AvgIpc) is 2.73. The number of benzene rings is 2. The van der Waals surface area contributed by atoms with Crippen molar-refractivity contribution in [1.29, 1.82) is 0 Å². The highest BCUT2D eigenvalue weighted by Gasteiger charge is 2.14. The zero-order chi connectivity index (χ0) is 20.4. The fraction of sp³-hybridized carbons (Fsp3) is 0.500. The minimum absolute atomic E-state index is 0.287. The Hall–Kier alpha value is -2.20. The van der Waals surface area contributed by atoms with Gasteiger partial charge in [-0.25, -0.2) is 0 Å².